The van der Waals surface area contributed by atoms with E-state index in [1.54, 1.807) is 33.2 Å². The predicted molar refractivity (Wildman–Crippen MR) is 234 cm³/mol. The van der Waals surface area contributed by atoms with Gasteiger partial charge in [-0.3, -0.25) is 19.2 Å². The lowest BCUT2D eigenvalue weighted by molar-refractivity contribution is -0.149. The van der Waals surface area contributed by atoms with Crippen LogP contribution in [-0.4, -0.2) is 141 Å². The number of esters is 1. The standard InChI is InChI=1S/C45H74N4O9S/c1-14-30(6)41(48(9)44(53)33(28(2)3)26-36(50)40(29(4)5)47(8)38(51)22-24-55-10)37(56-11)27-39(52)49-23-18-21-35(49)42(57-12)31(7)43(59)46-34(45(54)58-13)25-32-19-16-15-17-20-32/h15-17,19-20,28-31,33-35,37,40-42H,14,18,21-27H2,1-13H3,(H,46,59)/t30-,31+,33-,34-,35-,37+,40-,41-,42+/m0/s1. The Labute approximate surface area is 359 Å². The second kappa shape index (κ2) is 25.3. The number of nitrogens with zero attached hydrogens (tertiary/aromatic N) is 3. The van der Waals surface area contributed by atoms with Crippen LogP contribution in [0.3, 0.4) is 0 Å². The maximum absolute atomic E-state index is 14.5. The Balaban J connectivity index is 2.30. The SMILES string of the molecule is CC[C@H](C)[C@@H]([C@@H](CC(=O)N1CCC[C@H]1[C@H](OC)[C@@H](C)C(=S)N[C@@H](Cc1ccccc1)C(=O)OC)OC)N(C)C(=O)[C@@H](CC(=O)[C@H](C(C)C)N(C)C(=O)CCOC)C(C)C. The fourth-order valence-electron chi connectivity index (χ4n) is 8.56. The number of amides is 3. The van der Waals surface area contributed by atoms with Gasteiger partial charge in [-0.15, -0.1) is 0 Å². The minimum Gasteiger partial charge on any atom is -0.467 e. The van der Waals surface area contributed by atoms with Crippen LogP contribution >= 0.6 is 12.2 Å². The number of rotatable bonds is 25. The molecular formula is C45H74N4O9S. The molecular weight excluding hydrogens is 773 g/mol. The van der Waals surface area contributed by atoms with Crippen LogP contribution in [0, 0.1) is 29.6 Å². The van der Waals surface area contributed by atoms with E-state index in [-0.39, 0.29) is 79.1 Å². The van der Waals surface area contributed by atoms with Crippen molar-refractivity contribution in [3.63, 3.8) is 0 Å². The molecule has 1 aromatic carbocycles. The van der Waals surface area contributed by atoms with Gasteiger partial charge in [0, 0.05) is 66.6 Å². The summed E-state index contributed by atoms with van der Waals surface area (Å²) in [5, 5.41) is 3.23. The van der Waals surface area contributed by atoms with Gasteiger partial charge in [-0.2, -0.15) is 0 Å². The van der Waals surface area contributed by atoms with Crippen LogP contribution in [0.15, 0.2) is 30.3 Å². The molecule has 14 heteroatoms. The lowest BCUT2D eigenvalue weighted by atomic mass is 9.83. The Bertz CT molecular complexity index is 1510. The smallest absolute Gasteiger partial charge is 0.328 e. The average Bonchev–Trinajstić information content (AvgIpc) is 3.70. The second-order valence-corrected chi connectivity index (χ2v) is 17.3. The van der Waals surface area contributed by atoms with Gasteiger partial charge in [-0.1, -0.05) is 97.4 Å². The summed E-state index contributed by atoms with van der Waals surface area (Å²) in [4.78, 5) is 74.0. The monoisotopic (exact) mass is 847 g/mol. The first kappa shape index (κ1) is 51.7. The molecule has 1 fully saturated rings. The van der Waals surface area contributed by atoms with Crippen LogP contribution in [-0.2, 0) is 49.3 Å². The van der Waals surface area contributed by atoms with Gasteiger partial charge in [0.1, 0.15) is 6.04 Å². The number of ketones is 1. The highest BCUT2D eigenvalue weighted by molar-refractivity contribution is 7.80. The number of hydrogen-bond acceptors (Lipinski definition) is 10. The predicted octanol–water partition coefficient (Wildman–Crippen LogP) is 5.36. The van der Waals surface area contributed by atoms with Crippen molar-refractivity contribution in [3.8, 4) is 0 Å². The third kappa shape index (κ3) is 14.3. The number of carbonyl (C=O) groups is 5. The number of carbonyl (C=O) groups excluding carboxylic acids is 5. The third-order valence-corrected chi connectivity index (χ3v) is 12.7. The van der Waals surface area contributed by atoms with Gasteiger partial charge in [0.2, 0.25) is 17.7 Å². The molecule has 0 bridgehead atoms. The molecule has 0 spiro atoms. The normalized spacial score (nSPS) is 18.3. The zero-order valence-electron chi connectivity index (χ0n) is 38.0. The highest BCUT2D eigenvalue weighted by Gasteiger charge is 2.43. The van der Waals surface area contributed by atoms with Crippen molar-refractivity contribution in [3.05, 3.63) is 35.9 Å². The van der Waals surface area contributed by atoms with E-state index in [9.17, 15) is 24.0 Å². The first-order chi connectivity index (χ1) is 27.9. The van der Waals surface area contributed by atoms with E-state index in [4.69, 9.17) is 31.2 Å². The number of methoxy groups -OCH3 is 4. The zero-order valence-corrected chi connectivity index (χ0v) is 38.8. The molecule has 1 saturated heterocycles. The molecule has 1 aliphatic rings. The number of nitrogens with one attached hydrogen (secondary N) is 1. The Morgan fingerprint density at radius 3 is 2.07 bits per heavy atom. The highest BCUT2D eigenvalue weighted by atomic mass is 32.1. The molecule has 1 heterocycles. The third-order valence-electron chi connectivity index (χ3n) is 12.2. The fraction of sp³-hybridized carbons (Fsp3) is 0.733. The summed E-state index contributed by atoms with van der Waals surface area (Å²) < 4.78 is 22.3. The van der Waals surface area contributed by atoms with E-state index in [0.717, 1.165) is 18.4 Å². The summed E-state index contributed by atoms with van der Waals surface area (Å²) in [5.74, 6) is -2.46. The van der Waals surface area contributed by atoms with Crippen LogP contribution in [0.4, 0.5) is 0 Å². The minimum absolute atomic E-state index is 0.0230. The lowest BCUT2D eigenvalue weighted by Gasteiger charge is -2.41. The molecule has 334 valence electrons. The molecule has 0 aliphatic carbocycles. The van der Waals surface area contributed by atoms with Crippen molar-refractivity contribution in [2.75, 3.05) is 55.7 Å². The van der Waals surface area contributed by atoms with Crippen molar-refractivity contribution in [1.29, 1.82) is 0 Å². The van der Waals surface area contributed by atoms with Crippen LogP contribution in [0.2, 0.25) is 0 Å². The Morgan fingerprint density at radius 1 is 0.898 bits per heavy atom. The Hall–Kier alpha value is -3.46. The van der Waals surface area contributed by atoms with Crippen LogP contribution in [0.25, 0.3) is 0 Å². The maximum atomic E-state index is 14.5. The Morgan fingerprint density at radius 2 is 1.54 bits per heavy atom. The van der Waals surface area contributed by atoms with Crippen molar-refractivity contribution in [1.82, 2.24) is 20.0 Å². The summed E-state index contributed by atoms with van der Waals surface area (Å²) in [7, 11) is 9.43. The van der Waals surface area contributed by atoms with Crippen LogP contribution < -0.4 is 5.32 Å². The molecule has 0 radical (unpaired) electrons. The van der Waals surface area contributed by atoms with E-state index in [1.807, 2.05) is 83.7 Å². The molecule has 0 saturated carbocycles. The largest absolute Gasteiger partial charge is 0.467 e. The van der Waals surface area contributed by atoms with Crippen molar-refractivity contribution in [2.24, 2.45) is 29.6 Å². The summed E-state index contributed by atoms with van der Waals surface area (Å²) in [6.07, 6.45) is 1.68. The molecule has 2 rings (SSSR count). The van der Waals surface area contributed by atoms with E-state index in [2.05, 4.69) is 5.32 Å². The van der Waals surface area contributed by atoms with E-state index >= 15 is 0 Å². The molecule has 0 unspecified atom stereocenters. The molecule has 9 atom stereocenters. The molecule has 1 aliphatic heterocycles. The number of Topliss-reactive ketones (excluding diaryl/α,β-unsaturated/α-hetero) is 1. The summed E-state index contributed by atoms with van der Waals surface area (Å²) in [6.45, 7) is 14.5. The van der Waals surface area contributed by atoms with Gasteiger partial charge < -0.3 is 39.0 Å². The summed E-state index contributed by atoms with van der Waals surface area (Å²) in [6, 6.07) is 7.50. The number of likely N-dealkylation sites (tertiary alicyclic amines) is 1. The molecule has 13 nitrogen and oxygen atoms in total. The number of likely N-dealkylation sites (N-methyl/N-ethyl adjacent to an activating group) is 2. The van der Waals surface area contributed by atoms with Crippen molar-refractivity contribution in [2.45, 2.75) is 130 Å². The van der Waals surface area contributed by atoms with Gasteiger partial charge in [0.15, 0.2) is 5.78 Å². The van der Waals surface area contributed by atoms with Gasteiger partial charge in [-0.25, -0.2) is 4.79 Å². The quantitative estimate of drug-likeness (QED) is 0.100. The summed E-state index contributed by atoms with van der Waals surface area (Å²) in [5.41, 5.74) is 0.959. The second-order valence-electron chi connectivity index (χ2n) is 16.8. The van der Waals surface area contributed by atoms with Crippen LogP contribution in [0.5, 0.6) is 0 Å². The van der Waals surface area contributed by atoms with Crippen LogP contribution in [0.1, 0.15) is 92.6 Å². The number of benzene rings is 1. The molecule has 3 amide bonds. The molecule has 1 N–H and O–H groups in total. The van der Waals surface area contributed by atoms with Crippen molar-refractivity contribution >= 4 is 46.7 Å². The topological polar surface area (TPSA) is 144 Å². The number of thiocarbonyl (C=S) groups is 1. The fourth-order valence-corrected chi connectivity index (χ4v) is 8.83. The average molecular weight is 847 g/mol. The Kier molecular flexibility index (Phi) is 22.2. The number of hydrogen-bond donors (Lipinski definition) is 1. The van der Waals surface area contributed by atoms with E-state index in [1.165, 1.54) is 19.1 Å². The van der Waals surface area contributed by atoms with Gasteiger partial charge in [0.05, 0.1) is 61.9 Å². The van der Waals surface area contributed by atoms with Gasteiger partial charge >= 0.3 is 5.97 Å². The first-order valence-corrected chi connectivity index (χ1v) is 21.6. The first-order valence-electron chi connectivity index (χ1n) is 21.2. The molecule has 0 aromatic heterocycles. The minimum atomic E-state index is -0.697. The lowest BCUT2D eigenvalue weighted by Crippen LogP contribution is -2.55. The van der Waals surface area contributed by atoms with Gasteiger partial charge in [-0.05, 0) is 36.2 Å². The maximum Gasteiger partial charge on any atom is 0.328 e. The summed E-state index contributed by atoms with van der Waals surface area (Å²) >= 11 is 5.87. The van der Waals surface area contributed by atoms with Crippen molar-refractivity contribution < 1.29 is 42.9 Å². The molecule has 59 heavy (non-hydrogen) atoms. The van der Waals surface area contributed by atoms with E-state index in [0.29, 0.717) is 24.4 Å². The molecule has 1 aromatic rings. The van der Waals surface area contributed by atoms with Gasteiger partial charge in [0.25, 0.3) is 0 Å². The van der Waals surface area contributed by atoms with E-state index < -0.39 is 42.2 Å². The zero-order chi connectivity index (χ0) is 44.6. The number of ether oxygens (including phenoxy) is 4. The highest BCUT2D eigenvalue weighted by Crippen LogP contribution is 2.31.